The Balaban J connectivity index is 2.11. The van der Waals surface area contributed by atoms with Gasteiger partial charge in [-0.05, 0) is 38.1 Å². The Morgan fingerprint density at radius 3 is 2.60 bits per heavy atom. The molecule has 15 heavy (non-hydrogen) atoms. The quantitative estimate of drug-likeness (QED) is 0.595. The maximum Gasteiger partial charge on any atom is 0.0531 e. The van der Waals surface area contributed by atoms with E-state index >= 15 is 0 Å². The lowest BCUT2D eigenvalue weighted by Crippen LogP contribution is -2.35. The molecule has 0 spiro atoms. The highest BCUT2D eigenvalue weighted by atomic mass is 16.5. The van der Waals surface area contributed by atoms with E-state index in [1.165, 1.54) is 25.7 Å². The van der Waals surface area contributed by atoms with Gasteiger partial charge in [0.1, 0.15) is 0 Å². The number of rotatable bonds is 9. The molecule has 2 heteroatoms. The Hall–Kier alpha value is -0.0800. The van der Waals surface area contributed by atoms with Crippen LogP contribution in [0.5, 0.6) is 0 Å². The van der Waals surface area contributed by atoms with E-state index in [4.69, 9.17) is 4.74 Å². The van der Waals surface area contributed by atoms with E-state index in [2.05, 4.69) is 26.1 Å². The average Bonchev–Trinajstić information content (AvgIpc) is 3.02. The van der Waals surface area contributed by atoms with Gasteiger partial charge < -0.3 is 10.1 Å². The largest absolute Gasteiger partial charge is 0.381 e. The van der Waals surface area contributed by atoms with E-state index in [9.17, 15) is 0 Å². The number of nitrogens with one attached hydrogen (secondary N) is 1. The molecule has 1 N–H and O–H groups in total. The Morgan fingerprint density at radius 2 is 2.07 bits per heavy atom. The van der Waals surface area contributed by atoms with E-state index in [0.29, 0.717) is 5.41 Å². The standard InChI is InChI=1S/C13H27NO/c1-4-8-14-10-13(3,5-2)11-15-9-12-6-7-12/h12,14H,4-11H2,1-3H3. The molecule has 1 aliphatic rings. The Labute approximate surface area is 94.8 Å². The molecule has 0 amide bonds. The topological polar surface area (TPSA) is 21.3 Å². The predicted molar refractivity (Wildman–Crippen MR) is 65.1 cm³/mol. The van der Waals surface area contributed by atoms with Gasteiger partial charge >= 0.3 is 0 Å². The van der Waals surface area contributed by atoms with Crippen LogP contribution in [0.3, 0.4) is 0 Å². The molecule has 0 bridgehead atoms. The third kappa shape index (κ3) is 5.53. The molecular weight excluding hydrogens is 186 g/mol. The van der Waals surface area contributed by atoms with E-state index in [1.54, 1.807) is 0 Å². The molecule has 1 fully saturated rings. The summed E-state index contributed by atoms with van der Waals surface area (Å²) in [5.41, 5.74) is 0.323. The smallest absolute Gasteiger partial charge is 0.0531 e. The second kappa shape index (κ2) is 6.49. The minimum Gasteiger partial charge on any atom is -0.381 e. The molecule has 0 saturated heterocycles. The molecule has 0 aliphatic heterocycles. The fourth-order valence-corrected chi connectivity index (χ4v) is 1.60. The first-order chi connectivity index (χ1) is 7.20. The van der Waals surface area contributed by atoms with Crippen molar-refractivity contribution in [2.75, 3.05) is 26.3 Å². The predicted octanol–water partition coefficient (Wildman–Crippen LogP) is 2.83. The average molecular weight is 213 g/mol. The van der Waals surface area contributed by atoms with E-state index < -0.39 is 0 Å². The van der Waals surface area contributed by atoms with Gasteiger partial charge in [-0.25, -0.2) is 0 Å². The lowest BCUT2D eigenvalue weighted by Gasteiger charge is -2.28. The zero-order valence-electron chi connectivity index (χ0n) is 10.6. The zero-order chi connectivity index (χ0) is 11.1. The van der Waals surface area contributed by atoms with Crippen LogP contribution in [-0.4, -0.2) is 26.3 Å². The summed E-state index contributed by atoms with van der Waals surface area (Å²) in [7, 11) is 0. The van der Waals surface area contributed by atoms with Crippen molar-refractivity contribution in [1.29, 1.82) is 0 Å². The van der Waals surface area contributed by atoms with Gasteiger partial charge in [-0.3, -0.25) is 0 Å². The Kier molecular flexibility index (Phi) is 5.62. The van der Waals surface area contributed by atoms with Crippen molar-refractivity contribution in [2.24, 2.45) is 11.3 Å². The SMILES string of the molecule is CCCNCC(C)(CC)COCC1CC1. The van der Waals surface area contributed by atoms with Crippen molar-refractivity contribution < 1.29 is 4.74 Å². The second-order valence-corrected chi connectivity index (χ2v) is 5.30. The van der Waals surface area contributed by atoms with Gasteiger partial charge in [0, 0.05) is 18.6 Å². The van der Waals surface area contributed by atoms with Crippen molar-refractivity contribution in [3.05, 3.63) is 0 Å². The molecule has 2 nitrogen and oxygen atoms in total. The highest BCUT2D eigenvalue weighted by Crippen LogP contribution is 2.30. The molecule has 1 unspecified atom stereocenters. The van der Waals surface area contributed by atoms with E-state index in [-0.39, 0.29) is 0 Å². The van der Waals surface area contributed by atoms with Crippen molar-refractivity contribution in [1.82, 2.24) is 5.32 Å². The van der Waals surface area contributed by atoms with Crippen LogP contribution < -0.4 is 5.32 Å². The fourth-order valence-electron chi connectivity index (χ4n) is 1.60. The first-order valence-corrected chi connectivity index (χ1v) is 6.48. The van der Waals surface area contributed by atoms with Crippen LogP contribution in [0.2, 0.25) is 0 Å². The van der Waals surface area contributed by atoms with Crippen LogP contribution >= 0.6 is 0 Å². The molecule has 1 saturated carbocycles. The van der Waals surface area contributed by atoms with E-state index in [0.717, 1.165) is 32.2 Å². The van der Waals surface area contributed by atoms with Crippen LogP contribution in [0.25, 0.3) is 0 Å². The minimum atomic E-state index is 0.323. The van der Waals surface area contributed by atoms with Gasteiger partial charge in [0.05, 0.1) is 6.61 Å². The zero-order valence-corrected chi connectivity index (χ0v) is 10.6. The van der Waals surface area contributed by atoms with Crippen molar-refractivity contribution >= 4 is 0 Å². The van der Waals surface area contributed by atoms with Crippen LogP contribution in [0.4, 0.5) is 0 Å². The normalized spacial score (nSPS) is 20.2. The summed E-state index contributed by atoms with van der Waals surface area (Å²) < 4.78 is 5.80. The number of hydrogen-bond donors (Lipinski definition) is 1. The Bertz CT molecular complexity index is 168. The molecule has 0 aromatic carbocycles. The van der Waals surface area contributed by atoms with Crippen molar-refractivity contribution in [3.63, 3.8) is 0 Å². The Morgan fingerprint density at radius 1 is 1.33 bits per heavy atom. The fraction of sp³-hybridized carbons (Fsp3) is 1.00. The van der Waals surface area contributed by atoms with Crippen LogP contribution in [-0.2, 0) is 4.74 Å². The van der Waals surface area contributed by atoms with Gasteiger partial charge in [-0.15, -0.1) is 0 Å². The van der Waals surface area contributed by atoms with E-state index in [1.807, 2.05) is 0 Å². The molecule has 1 aliphatic carbocycles. The summed E-state index contributed by atoms with van der Waals surface area (Å²) in [6.45, 7) is 10.9. The summed E-state index contributed by atoms with van der Waals surface area (Å²) in [6.07, 6.45) is 5.17. The summed E-state index contributed by atoms with van der Waals surface area (Å²) in [4.78, 5) is 0. The molecule has 90 valence electrons. The van der Waals surface area contributed by atoms with Gasteiger partial charge in [-0.2, -0.15) is 0 Å². The highest BCUT2D eigenvalue weighted by Gasteiger charge is 2.25. The molecule has 0 aromatic rings. The minimum absolute atomic E-state index is 0.323. The molecule has 1 rings (SSSR count). The van der Waals surface area contributed by atoms with Crippen molar-refractivity contribution in [3.8, 4) is 0 Å². The lowest BCUT2D eigenvalue weighted by atomic mass is 9.88. The van der Waals surface area contributed by atoms with Crippen molar-refractivity contribution in [2.45, 2.75) is 46.5 Å². The van der Waals surface area contributed by atoms with Crippen LogP contribution in [0.15, 0.2) is 0 Å². The van der Waals surface area contributed by atoms with Crippen LogP contribution in [0.1, 0.15) is 46.5 Å². The molecule has 0 aromatic heterocycles. The highest BCUT2D eigenvalue weighted by molar-refractivity contribution is 4.77. The molecule has 0 radical (unpaired) electrons. The summed E-state index contributed by atoms with van der Waals surface area (Å²) in [5.74, 6) is 0.884. The third-order valence-electron chi connectivity index (χ3n) is 3.33. The van der Waals surface area contributed by atoms with Gasteiger partial charge in [0.25, 0.3) is 0 Å². The molecule has 0 heterocycles. The van der Waals surface area contributed by atoms with Gasteiger partial charge in [0.2, 0.25) is 0 Å². The second-order valence-electron chi connectivity index (χ2n) is 5.30. The summed E-state index contributed by atoms with van der Waals surface area (Å²) in [5, 5.41) is 3.50. The van der Waals surface area contributed by atoms with Gasteiger partial charge in [0.15, 0.2) is 0 Å². The number of ether oxygens (including phenoxy) is 1. The van der Waals surface area contributed by atoms with Crippen LogP contribution in [0, 0.1) is 11.3 Å². The van der Waals surface area contributed by atoms with Gasteiger partial charge in [-0.1, -0.05) is 20.8 Å². The third-order valence-corrected chi connectivity index (χ3v) is 3.33. The first kappa shape index (κ1) is 13.0. The lowest BCUT2D eigenvalue weighted by molar-refractivity contribution is 0.0446. The maximum absolute atomic E-state index is 5.80. The molecule has 1 atom stereocenters. The number of hydrogen-bond acceptors (Lipinski definition) is 2. The maximum atomic E-state index is 5.80. The first-order valence-electron chi connectivity index (χ1n) is 6.48. The summed E-state index contributed by atoms with van der Waals surface area (Å²) >= 11 is 0. The summed E-state index contributed by atoms with van der Waals surface area (Å²) in [6, 6.07) is 0. The molecular formula is C13H27NO. The monoisotopic (exact) mass is 213 g/mol.